The van der Waals surface area contributed by atoms with Gasteiger partial charge in [0.25, 0.3) is 0 Å². The van der Waals surface area contributed by atoms with Crippen molar-refractivity contribution in [3.05, 3.63) is 48.8 Å². The van der Waals surface area contributed by atoms with E-state index in [1.54, 1.807) is 0 Å². The van der Waals surface area contributed by atoms with Gasteiger partial charge in [0.05, 0.1) is 11.0 Å². The van der Waals surface area contributed by atoms with Crippen LogP contribution in [0.5, 0.6) is 0 Å². The number of nitrogens with zero attached hydrogens (tertiary/aromatic N) is 3. The van der Waals surface area contributed by atoms with Gasteiger partial charge in [-0.1, -0.05) is 12.1 Å². The third-order valence-electron chi connectivity index (χ3n) is 3.38. The number of hydrogen-bond acceptors (Lipinski definition) is 2. The molecule has 19 heavy (non-hydrogen) atoms. The summed E-state index contributed by atoms with van der Waals surface area (Å²) in [5, 5.41) is 1.11. The minimum absolute atomic E-state index is 0.889. The fourth-order valence-electron chi connectivity index (χ4n) is 2.48. The van der Waals surface area contributed by atoms with Crippen molar-refractivity contribution in [2.75, 3.05) is 0 Å². The zero-order chi connectivity index (χ0) is 12.8. The van der Waals surface area contributed by atoms with Gasteiger partial charge in [0.15, 0.2) is 0 Å². The summed E-state index contributed by atoms with van der Waals surface area (Å²) >= 11 is 0. The molecule has 3 aromatic heterocycles. The largest absolute Gasteiger partial charge is 0.338 e. The first-order valence-corrected chi connectivity index (χ1v) is 6.18. The van der Waals surface area contributed by atoms with Crippen LogP contribution < -0.4 is 0 Å². The average Bonchev–Trinajstić information content (AvgIpc) is 3.01. The van der Waals surface area contributed by atoms with Crippen molar-refractivity contribution in [3.8, 4) is 11.4 Å². The van der Waals surface area contributed by atoms with Gasteiger partial charge in [-0.25, -0.2) is 9.97 Å². The molecule has 0 unspecified atom stereocenters. The Morgan fingerprint density at radius 1 is 1.11 bits per heavy atom. The SMILES string of the molecule is Cn1cc(-c2nc3ccccc3[nH]2)c2cccnc21. The fraction of sp³-hybridized carbons (Fsp3) is 0.0667. The van der Waals surface area contributed by atoms with E-state index in [9.17, 15) is 0 Å². The Morgan fingerprint density at radius 2 is 2.00 bits per heavy atom. The first kappa shape index (κ1) is 10.3. The monoisotopic (exact) mass is 248 g/mol. The molecule has 3 heterocycles. The molecular weight excluding hydrogens is 236 g/mol. The van der Waals surface area contributed by atoms with Crippen LogP contribution in [-0.2, 0) is 7.05 Å². The van der Waals surface area contributed by atoms with Crippen LogP contribution in [0.4, 0.5) is 0 Å². The number of rotatable bonds is 1. The molecule has 0 bridgehead atoms. The molecule has 4 aromatic rings. The van der Waals surface area contributed by atoms with Crippen LogP contribution in [0, 0.1) is 0 Å². The van der Waals surface area contributed by atoms with E-state index in [0.29, 0.717) is 0 Å². The average molecular weight is 248 g/mol. The van der Waals surface area contributed by atoms with Gasteiger partial charge < -0.3 is 9.55 Å². The first-order valence-electron chi connectivity index (χ1n) is 6.18. The van der Waals surface area contributed by atoms with Crippen LogP contribution >= 0.6 is 0 Å². The highest BCUT2D eigenvalue weighted by Gasteiger charge is 2.12. The van der Waals surface area contributed by atoms with Gasteiger partial charge in [0.2, 0.25) is 0 Å². The van der Waals surface area contributed by atoms with Crippen molar-refractivity contribution < 1.29 is 0 Å². The van der Waals surface area contributed by atoms with Gasteiger partial charge in [0.1, 0.15) is 11.5 Å². The number of fused-ring (bicyclic) bond motifs is 2. The molecule has 0 saturated carbocycles. The molecule has 1 N–H and O–H groups in total. The van der Waals surface area contributed by atoms with E-state index < -0.39 is 0 Å². The molecule has 0 fully saturated rings. The summed E-state index contributed by atoms with van der Waals surface area (Å²) in [5.74, 6) is 0.889. The standard InChI is InChI=1S/C15H12N4/c1-19-9-11(10-5-4-8-16-15(10)19)14-17-12-6-2-3-7-13(12)18-14/h2-9H,1H3,(H,17,18). The maximum absolute atomic E-state index is 4.65. The van der Waals surface area contributed by atoms with Crippen LogP contribution in [0.2, 0.25) is 0 Å². The Bertz CT molecular complexity index is 852. The van der Waals surface area contributed by atoms with Crippen molar-refractivity contribution in [1.82, 2.24) is 19.5 Å². The smallest absolute Gasteiger partial charge is 0.140 e. The Morgan fingerprint density at radius 3 is 2.89 bits per heavy atom. The Kier molecular flexibility index (Phi) is 2.00. The van der Waals surface area contributed by atoms with Crippen LogP contribution in [0.25, 0.3) is 33.5 Å². The number of nitrogens with one attached hydrogen (secondary N) is 1. The van der Waals surface area contributed by atoms with Crippen molar-refractivity contribution in [2.24, 2.45) is 7.05 Å². The van der Waals surface area contributed by atoms with Gasteiger partial charge >= 0.3 is 0 Å². The highest BCUT2D eigenvalue weighted by atomic mass is 15.0. The minimum atomic E-state index is 0.889. The Labute approximate surface area is 109 Å². The summed E-state index contributed by atoms with van der Waals surface area (Å²) < 4.78 is 2.03. The minimum Gasteiger partial charge on any atom is -0.338 e. The molecule has 0 spiro atoms. The summed E-state index contributed by atoms with van der Waals surface area (Å²) in [4.78, 5) is 12.4. The number of aromatic amines is 1. The van der Waals surface area contributed by atoms with E-state index in [1.807, 2.05) is 48.1 Å². The number of aryl methyl sites for hydroxylation is 1. The third-order valence-corrected chi connectivity index (χ3v) is 3.38. The lowest BCUT2D eigenvalue weighted by Crippen LogP contribution is -1.85. The molecule has 4 rings (SSSR count). The van der Waals surface area contributed by atoms with E-state index in [0.717, 1.165) is 33.5 Å². The van der Waals surface area contributed by atoms with E-state index in [4.69, 9.17) is 0 Å². The molecule has 1 aromatic carbocycles. The second kappa shape index (κ2) is 3.68. The maximum Gasteiger partial charge on any atom is 0.140 e. The highest BCUT2D eigenvalue weighted by Crippen LogP contribution is 2.28. The lowest BCUT2D eigenvalue weighted by atomic mass is 10.2. The summed E-state index contributed by atoms with van der Waals surface area (Å²) in [6.45, 7) is 0. The van der Waals surface area contributed by atoms with Gasteiger partial charge in [0, 0.05) is 30.4 Å². The van der Waals surface area contributed by atoms with Gasteiger partial charge in [-0.3, -0.25) is 0 Å². The summed E-state index contributed by atoms with van der Waals surface area (Å²) in [6.07, 6.45) is 3.88. The van der Waals surface area contributed by atoms with Gasteiger partial charge in [-0.15, -0.1) is 0 Å². The second-order valence-electron chi connectivity index (χ2n) is 4.63. The second-order valence-corrected chi connectivity index (χ2v) is 4.63. The number of hydrogen-bond donors (Lipinski definition) is 1. The number of H-pyrrole nitrogens is 1. The van der Waals surface area contributed by atoms with Crippen LogP contribution in [0.1, 0.15) is 0 Å². The molecule has 4 heteroatoms. The molecule has 0 saturated heterocycles. The lowest BCUT2D eigenvalue weighted by molar-refractivity contribution is 0.948. The molecule has 92 valence electrons. The van der Waals surface area contributed by atoms with Crippen molar-refractivity contribution in [1.29, 1.82) is 0 Å². The molecule has 0 aliphatic carbocycles. The maximum atomic E-state index is 4.65. The number of imidazole rings is 1. The summed E-state index contributed by atoms with van der Waals surface area (Å²) in [5.41, 5.74) is 4.09. The predicted octanol–water partition coefficient (Wildman–Crippen LogP) is 3.12. The van der Waals surface area contributed by atoms with E-state index in [-0.39, 0.29) is 0 Å². The van der Waals surface area contributed by atoms with Crippen LogP contribution in [0.3, 0.4) is 0 Å². The normalized spacial score (nSPS) is 11.4. The topological polar surface area (TPSA) is 46.5 Å². The van der Waals surface area contributed by atoms with Crippen molar-refractivity contribution in [3.63, 3.8) is 0 Å². The quantitative estimate of drug-likeness (QED) is 0.562. The number of aromatic nitrogens is 4. The first-order chi connectivity index (χ1) is 9.33. The zero-order valence-corrected chi connectivity index (χ0v) is 10.5. The molecule has 0 amide bonds. The zero-order valence-electron chi connectivity index (χ0n) is 10.5. The molecule has 0 aliphatic rings. The molecule has 0 atom stereocenters. The van der Waals surface area contributed by atoms with Gasteiger partial charge in [-0.05, 0) is 24.3 Å². The van der Waals surface area contributed by atoms with Crippen LogP contribution in [0.15, 0.2) is 48.8 Å². The molecule has 0 radical (unpaired) electrons. The van der Waals surface area contributed by atoms with E-state index in [1.165, 1.54) is 0 Å². The number of pyridine rings is 1. The Hall–Kier alpha value is -2.62. The Balaban J connectivity index is 2.04. The third kappa shape index (κ3) is 1.46. The van der Waals surface area contributed by atoms with Gasteiger partial charge in [-0.2, -0.15) is 0 Å². The summed E-state index contributed by atoms with van der Waals surface area (Å²) in [6, 6.07) is 12.1. The fourth-order valence-corrected chi connectivity index (χ4v) is 2.48. The highest BCUT2D eigenvalue weighted by molar-refractivity contribution is 5.94. The van der Waals surface area contributed by atoms with Crippen LogP contribution in [-0.4, -0.2) is 19.5 Å². The molecule has 4 nitrogen and oxygen atoms in total. The predicted molar refractivity (Wildman–Crippen MR) is 75.8 cm³/mol. The van der Waals surface area contributed by atoms with E-state index >= 15 is 0 Å². The van der Waals surface area contributed by atoms with E-state index in [2.05, 4.69) is 27.2 Å². The molecule has 0 aliphatic heterocycles. The van der Waals surface area contributed by atoms with Crippen molar-refractivity contribution in [2.45, 2.75) is 0 Å². The molecular formula is C15H12N4. The summed E-state index contributed by atoms with van der Waals surface area (Å²) in [7, 11) is 2.00. The van der Waals surface area contributed by atoms with Crippen molar-refractivity contribution >= 4 is 22.1 Å². The lowest BCUT2D eigenvalue weighted by Gasteiger charge is -1.93. The number of para-hydroxylation sites is 2. The number of benzene rings is 1.